The minimum atomic E-state index is -0.457. The molecule has 0 bridgehead atoms. The second-order valence-electron chi connectivity index (χ2n) is 10.4. The maximum Gasteiger partial charge on any atom is 0.235 e. The van der Waals surface area contributed by atoms with E-state index in [1.54, 1.807) is 0 Å². The lowest BCUT2D eigenvalue weighted by atomic mass is 10.2. The molecule has 12 nitrogen and oxygen atoms in total. The summed E-state index contributed by atoms with van der Waals surface area (Å²) in [6.45, 7) is 15.8. The molecule has 1 aromatic rings. The molecule has 0 aliphatic rings. The van der Waals surface area contributed by atoms with Crippen molar-refractivity contribution < 1.29 is 29.5 Å². The fourth-order valence-electron chi connectivity index (χ4n) is 2.07. The van der Waals surface area contributed by atoms with Crippen LogP contribution in [-0.2, 0) is 14.2 Å². The van der Waals surface area contributed by atoms with Gasteiger partial charge in [0.1, 0.15) is 40.4 Å². The predicted octanol–water partition coefficient (Wildman–Crippen LogP) is 1.46. The van der Waals surface area contributed by atoms with Crippen LogP contribution in [0.25, 0.3) is 0 Å². The van der Waals surface area contributed by atoms with Gasteiger partial charge in [0.25, 0.3) is 0 Å². The first-order valence-corrected chi connectivity index (χ1v) is 10.8. The molecule has 1 heterocycles. The highest BCUT2D eigenvalue weighted by Gasteiger charge is 2.23. The molecule has 0 fully saturated rings. The van der Waals surface area contributed by atoms with Gasteiger partial charge in [-0.1, -0.05) is 0 Å². The molecule has 1 aromatic heterocycles. The maximum atomic E-state index is 9.94. The number of aromatic nitrogens is 3. The quantitative estimate of drug-likeness (QED) is 0.378. The molecule has 33 heavy (non-hydrogen) atoms. The van der Waals surface area contributed by atoms with E-state index in [1.807, 2.05) is 62.3 Å². The van der Waals surface area contributed by atoms with Gasteiger partial charge in [0.2, 0.25) is 17.8 Å². The second kappa shape index (κ2) is 12.0. The molecule has 0 radical (unpaired) electrons. The first-order valence-electron chi connectivity index (χ1n) is 10.8. The molecule has 0 saturated carbocycles. The summed E-state index contributed by atoms with van der Waals surface area (Å²) in [5, 5.41) is 29.8. The second-order valence-corrected chi connectivity index (χ2v) is 10.4. The van der Waals surface area contributed by atoms with Crippen LogP contribution in [0.3, 0.4) is 0 Å². The van der Waals surface area contributed by atoms with Gasteiger partial charge < -0.3 is 29.5 Å². The lowest BCUT2D eigenvalue weighted by molar-refractivity contribution is -0.00876. The summed E-state index contributed by atoms with van der Waals surface area (Å²) in [5.74, 6) is 0.306. The maximum absolute atomic E-state index is 9.94. The molecule has 0 aromatic carbocycles. The highest BCUT2D eigenvalue weighted by Crippen LogP contribution is 2.21. The number of anilines is 3. The zero-order valence-corrected chi connectivity index (χ0v) is 21.5. The Labute approximate surface area is 197 Å². The van der Waals surface area contributed by atoms with Crippen LogP contribution >= 0.6 is 0 Å². The van der Waals surface area contributed by atoms with Crippen LogP contribution in [0, 0.1) is 0 Å². The van der Waals surface area contributed by atoms with Crippen LogP contribution in [-0.4, -0.2) is 87.5 Å². The van der Waals surface area contributed by atoms with E-state index in [-0.39, 0.29) is 38.0 Å². The number of nitrogens with zero attached hydrogens (tertiary/aromatic N) is 6. The first-order chi connectivity index (χ1) is 15.1. The highest BCUT2D eigenvalue weighted by atomic mass is 16.5. The number of aliphatic hydroxyl groups is 3. The van der Waals surface area contributed by atoms with E-state index in [1.165, 1.54) is 14.7 Å². The van der Waals surface area contributed by atoms with Crippen molar-refractivity contribution in [1.29, 1.82) is 0 Å². The van der Waals surface area contributed by atoms with Crippen molar-refractivity contribution in [3.8, 4) is 0 Å². The van der Waals surface area contributed by atoms with Crippen LogP contribution in [0.1, 0.15) is 62.3 Å². The summed E-state index contributed by atoms with van der Waals surface area (Å²) in [5.41, 5.74) is -1.37. The van der Waals surface area contributed by atoms with Crippen molar-refractivity contribution in [3.05, 3.63) is 0 Å². The Morgan fingerprint density at radius 1 is 0.515 bits per heavy atom. The molecule has 12 heteroatoms. The number of hydrogen-bond donors (Lipinski definition) is 3. The standard InChI is InChI=1S/C21H42N6O6/c1-19(2,3)31-13-25(10-28)16-22-17(26(11-29)14-32-20(4,5)6)24-18(23-16)27(12-30)15-33-21(7,8)9/h28-30H,10-15H2,1-9H3. The van der Waals surface area contributed by atoms with Crippen LogP contribution in [0.5, 0.6) is 0 Å². The molecule has 0 unspecified atom stereocenters. The summed E-state index contributed by atoms with van der Waals surface area (Å²) >= 11 is 0. The molecule has 1 rings (SSSR count). The van der Waals surface area contributed by atoms with E-state index < -0.39 is 37.0 Å². The number of hydrogen-bond acceptors (Lipinski definition) is 12. The highest BCUT2D eigenvalue weighted by molar-refractivity contribution is 5.45. The normalized spacial score (nSPS) is 12.7. The molecule has 0 spiro atoms. The van der Waals surface area contributed by atoms with Gasteiger partial charge in [0.05, 0.1) is 16.8 Å². The largest absolute Gasteiger partial charge is 0.376 e. The third kappa shape index (κ3) is 11.2. The summed E-state index contributed by atoms with van der Waals surface area (Å²) < 4.78 is 17.3. The monoisotopic (exact) mass is 474 g/mol. The number of ether oxygens (including phenoxy) is 3. The smallest absolute Gasteiger partial charge is 0.235 e. The Hall–Kier alpha value is -1.83. The van der Waals surface area contributed by atoms with Gasteiger partial charge in [-0.15, -0.1) is 0 Å². The van der Waals surface area contributed by atoms with Crippen molar-refractivity contribution in [2.45, 2.75) is 79.1 Å². The van der Waals surface area contributed by atoms with Gasteiger partial charge in [-0.05, 0) is 62.3 Å². The van der Waals surface area contributed by atoms with Crippen molar-refractivity contribution >= 4 is 17.8 Å². The van der Waals surface area contributed by atoms with Crippen molar-refractivity contribution in [2.75, 3.05) is 55.1 Å². The Morgan fingerprint density at radius 2 is 0.727 bits per heavy atom. The SMILES string of the molecule is CC(C)(C)OCN(CO)c1nc(N(CO)COC(C)(C)C)nc(N(CO)COC(C)(C)C)n1. The zero-order valence-electron chi connectivity index (χ0n) is 21.5. The molecule has 0 amide bonds. The summed E-state index contributed by atoms with van der Waals surface area (Å²) in [4.78, 5) is 17.4. The van der Waals surface area contributed by atoms with Crippen molar-refractivity contribution in [2.24, 2.45) is 0 Å². The van der Waals surface area contributed by atoms with Gasteiger partial charge in [-0.2, -0.15) is 15.0 Å². The predicted molar refractivity (Wildman–Crippen MR) is 126 cm³/mol. The van der Waals surface area contributed by atoms with E-state index in [4.69, 9.17) is 14.2 Å². The average Bonchev–Trinajstić information content (AvgIpc) is 2.67. The van der Waals surface area contributed by atoms with E-state index in [0.717, 1.165) is 0 Å². The van der Waals surface area contributed by atoms with Crippen LogP contribution in [0.4, 0.5) is 17.8 Å². The van der Waals surface area contributed by atoms with Gasteiger partial charge >= 0.3 is 0 Å². The van der Waals surface area contributed by atoms with Crippen LogP contribution < -0.4 is 14.7 Å². The summed E-state index contributed by atoms with van der Waals surface area (Å²) in [6, 6.07) is 0. The van der Waals surface area contributed by atoms with E-state index in [2.05, 4.69) is 15.0 Å². The fourth-order valence-corrected chi connectivity index (χ4v) is 2.07. The third-order valence-electron chi connectivity index (χ3n) is 3.92. The lowest BCUT2D eigenvalue weighted by Gasteiger charge is -2.30. The summed E-state index contributed by atoms with van der Waals surface area (Å²) in [6.07, 6.45) is 0. The van der Waals surface area contributed by atoms with Crippen molar-refractivity contribution in [3.63, 3.8) is 0 Å². The molecule has 0 aliphatic carbocycles. The zero-order chi connectivity index (χ0) is 25.4. The minimum absolute atomic E-state index is 0.0120. The Kier molecular flexibility index (Phi) is 10.7. The van der Waals surface area contributed by atoms with E-state index in [9.17, 15) is 15.3 Å². The molecule has 0 aliphatic heterocycles. The van der Waals surface area contributed by atoms with Gasteiger partial charge in [0, 0.05) is 0 Å². The lowest BCUT2D eigenvalue weighted by Crippen LogP contribution is -2.38. The number of rotatable bonds is 12. The third-order valence-corrected chi connectivity index (χ3v) is 3.92. The Morgan fingerprint density at radius 3 is 0.879 bits per heavy atom. The van der Waals surface area contributed by atoms with Crippen LogP contribution in [0.15, 0.2) is 0 Å². The van der Waals surface area contributed by atoms with Crippen molar-refractivity contribution in [1.82, 2.24) is 15.0 Å². The average molecular weight is 475 g/mol. The Balaban J connectivity index is 3.38. The molecule has 192 valence electrons. The fraction of sp³-hybridized carbons (Fsp3) is 0.857. The number of aliphatic hydroxyl groups excluding tert-OH is 3. The van der Waals surface area contributed by atoms with E-state index in [0.29, 0.717) is 0 Å². The molecular weight excluding hydrogens is 432 g/mol. The van der Waals surface area contributed by atoms with Gasteiger partial charge in [0.15, 0.2) is 0 Å². The topological polar surface area (TPSA) is 137 Å². The molecule has 0 saturated heterocycles. The molecule has 3 N–H and O–H groups in total. The first kappa shape index (κ1) is 29.2. The molecular formula is C21H42N6O6. The Bertz CT molecular complexity index is 609. The minimum Gasteiger partial charge on any atom is -0.376 e. The summed E-state index contributed by atoms with van der Waals surface area (Å²) in [7, 11) is 0. The van der Waals surface area contributed by atoms with Gasteiger partial charge in [-0.25, -0.2) is 0 Å². The van der Waals surface area contributed by atoms with Crippen LogP contribution in [0.2, 0.25) is 0 Å². The van der Waals surface area contributed by atoms with E-state index >= 15 is 0 Å². The molecule has 0 atom stereocenters. The van der Waals surface area contributed by atoms with Gasteiger partial charge in [-0.3, -0.25) is 14.7 Å².